The van der Waals surface area contributed by atoms with Crippen LogP contribution in [0.4, 0.5) is 15.9 Å². The minimum Gasteiger partial charge on any atom is -0.461 e. The second-order valence-electron chi connectivity index (χ2n) is 11.9. The van der Waals surface area contributed by atoms with E-state index in [-0.39, 0.29) is 24.2 Å². The van der Waals surface area contributed by atoms with Gasteiger partial charge in [0.2, 0.25) is 0 Å². The normalized spacial score (nSPS) is 31.4. The van der Waals surface area contributed by atoms with Gasteiger partial charge in [0.1, 0.15) is 30.3 Å². The van der Waals surface area contributed by atoms with E-state index in [1.165, 1.54) is 0 Å². The summed E-state index contributed by atoms with van der Waals surface area (Å²) in [7, 11) is 0. The molecule has 0 saturated carbocycles. The summed E-state index contributed by atoms with van der Waals surface area (Å²) in [5, 5.41) is 19.9. The Morgan fingerprint density at radius 2 is 2.15 bits per heavy atom. The van der Waals surface area contributed by atoms with Crippen LogP contribution in [0.3, 0.4) is 0 Å². The first-order valence-corrected chi connectivity index (χ1v) is 14.2. The number of anilines is 2. The Morgan fingerprint density at radius 1 is 1.26 bits per heavy atom. The molecule has 39 heavy (non-hydrogen) atoms. The number of aromatic nitrogens is 2. The summed E-state index contributed by atoms with van der Waals surface area (Å²) in [6.07, 6.45) is 5.58. The summed E-state index contributed by atoms with van der Waals surface area (Å²) in [6.45, 7) is 2.87. The molecular weight excluding hydrogens is 499 g/mol. The Kier molecular flexibility index (Phi) is 5.95. The van der Waals surface area contributed by atoms with Crippen molar-refractivity contribution in [2.45, 2.75) is 81.3 Å². The predicted molar refractivity (Wildman–Crippen MR) is 142 cm³/mol. The van der Waals surface area contributed by atoms with E-state index in [1.54, 1.807) is 0 Å². The third-order valence-electron chi connectivity index (χ3n) is 9.77. The minimum atomic E-state index is -0.828. The van der Waals surface area contributed by atoms with E-state index >= 15 is 0 Å². The van der Waals surface area contributed by atoms with Crippen LogP contribution in [0.1, 0.15) is 66.5 Å². The maximum absolute atomic E-state index is 14.4. The molecule has 1 aromatic carbocycles. The number of nitrogens with zero attached hydrogens (tertiary/aromatic N) is 5. The summed E-state index contributed by atoms with van der Waals surface area (Å²) in [5.41, 5.74) is 9.97. The van der Waals surface area contributed by atoms with Crippen LogP contribution in [0.25, 0.3) is 0 Å². The van der Waals surface area contributed by atoms with Gasteiger partial charge in [-0.15, -0.1) is 0 Å². The van der Waals surface area contributed by atoms with Gasteiger partial charge in [-0.25, -0.2) is 4.39 Å². The number of nitrogen functional groups attached to an aromatic ring is 1. The van der Waals surface area contributed by atoms with Crippen LogP contribution in [0.5, 0.6) is 6.01 Å². The molecule has 0 radical (unpaired) electrons. The number of nitrogens with two attached hydrogens (primary N) is 1. The monoisotopic (exact) mass is 534 g/mol. The first-order valence-electron chi connectivity index (χ1n) is 14.2. The van der Waals surface area contributed by atoms with E-state index in [2.05, 4.69) is 15.9 Å². The van der Waals surface area contributed by atoms with Gasteiger partial charge in [0.15, 0.2) is 0 Å². The first-order chi connectivity index (χ1) is 18.9. The van der Waals surface area contributed by atoms with Gasteiger partial charge in [0.25, 0.3) is 0 Å². The van der Waals surface area contributed by atoms with Crippen molar-refractivity contribution in [1.29, 1.82) is 5.26 Å². The molecule has 2 aromatic rings. The third kappa shape index (κ3) is 3.89. The Balaban J connectivity index is 1.27. The fraction of sp³-hybridized carbons (Fsp3) is 0.621. The van der Waals surface area contributed by atoms with Crippen molar-refractivity contribution >= 4 is 11.5 Å². The second-order valence-corrected chi connectivity index (χ2v) is 11.9. The van der Waals surface area contributed by atoms with Crippen LogP contribution in [-0.2, 0) is 29.8 Å². The Hall–Kier alpha value is -3.00. The van der Waals surface area contributed by atoms with Gasteiger partial charge in [0.05, 0.1) is 36.1 Å². The van der Waals surface area contributed by atoms with E-state index in [1.807, 2.05) is 12.1 Å². The standard InChI is InChI=1S/C29H35FN6O3/c30-19-11-28(7-2-9-35(28)14-19)17-38-27-33-24-12-29(8-1-3-18-4-5-23(32)21(13-31)25(18)29)39-16-22(24)26(34-27)36-10-6-20(36)15-37/h4-5,19-20,37H,1-3,6-12,14-17,32H2/t19-,20-,28+,29+/m1/s1. The molecule has 10 heteroatoms. The maximum atomic E-state index is 14.4. The van der Waals surface area contributed by atoms with Crippen molar-refractivity contribution in [2.24, 2.45) is 0 Å². The molecule has 3 N–H and O–H groups in total. The number of fused-ring (bicyclic) bond motifs is 4. The van der Waals surface area contributed by atoms with E-state index in [0.717, 1.165) is 79.8 Å². The molecule has 7 rings (SSSR count). The zero-order valence-electron chi connectivity index (χ0n) is 22.2. The number of hydrogen-bond acceptors (Lipinski definition) is 9. The smallest absolute Gasteiger partial charge is 0.318 e. The van der Waals surface area contributed by atoms with E-state index in [4.69, 9.17) is 25.2 Å². The van der Waals surface area contributed by atoms with Gasteiger partial charge in [-0.3, -0.25) is 4.90 Å². The van der Waals surface area contributed by atoms with E-state index in [9.17, 15) is 14.8 Å². The third-order valence-corrected chi connectivity index (χ3v) is 9.77. The Labute approximate surface area is 227 Å². The van der Waals surface area contributed by atoms with Crippen LogP contribution in [-0.4, -0.2) is 70.6 Å². The quantitative estimate of drug-likeness (QED) is 0.558. The van der Waals surface area contributed by atoms with Crippen molar-refractivity contribution < 1.29 is 19.0 Å². The summed E-state index contributed by atoms with van der Waals surface area (Å²) in [5.74, 6) is 0.745. The topological polar surface area (TPSA) is 121 Å². The van der Waals surface area contributed by atoms with Gasteiger partial charge < -0.3 is 25.2 Å². The molecule has 3 fully saturated rings. The molecule has 1 spiro atoms. The van der Waals surface area contributed by atoms with Crippen molar-refractivity contribution in [2.75, 3.05) is 43.5 Å². The zero-order valence-corrected chi connectivity index (χ0v) is 22.2. The summed E-state index contributed by atoms with van der Waals surface area (Å²) in [4.78, 5) is 14.1. The highest BCUT2D eigenvalue weighted by Gasteiger charge is 2.50. The fourth-order valence-electron chi connectivity index (χ4n) is 7.70. The molecule has 5 heterocycles. The lowest BCUT2D eigenvalue weighted by Crippen LogP contribution is -2.51. The lowest BCUT2D eigenvalue weighted by molar-refractivity contribution is -0.0857. The first kappa shape index (κ1) is 25.0. The molecule has 1 aromatic heterocycles. The van der Waals surface area contributed by atoms with Gasteiger partial charge in [0, 0.05) is 42.7 Å². The van der Waals surface area contributed by atoms with Gasteiger partial charge in [-0.1, -0.05) is 6.07 Å². The van der Waals surface area contributed by atoms with Gasteiger partial charge >= 0.3 is 6.01 Å². The summed E-state index contributed by atoms with van der Waals surface area (Å²) >= 11 is 0. The van der Waals surface area contributed by atoms with Crippen LogP contribution in [0.15, 0.2) is 12.1 Å². The molecule has 4 atom stereocenters. The Morgan fingerprint density at radius 3 is 2.95 bits per heavy atom. The SMILES string of the molecule is N#Cc1c(N)ccc2c1[C@]1(CCC2)Cc2nc(OC[C@@]34CCCN3C[C@H](F)C4)nc(N3CC[C@@H]3CO)c2CO1. The Bertz CT molecular complexity index is 1350. The maximum Gasteiger partial charge on any atom is 0.318 e. The minimum absolute atomic E-state index is 0.000761. The van der Waals surface area contributed by atoms with Crippen molar-refractivity contribution in [3.63, 3.8) is 0 Å². The number of rotatable bonds is 5. The largest absolute Gasteiger partial charge is 0.461 e. The molecule has 0 amide bonds. The van der Waals surface area contributed by atoms with E-state index < -0.39 is 11.8 Å². The molecule has 3 saturated heterocycles. The van der Waals surface area contributed by atoms with Crippen LogP contribution in [0, 0.1) is 11.3 Å². The second kappa shape index (κ2) is 9.29. The summed E-state index contributed by atoms with van der Waals surface area (Å²) < 4.78 is 27.3. The fourth-order valence-corrected chi connectivity index (χ4v) is 7.70. The molecule has 4 aliphatic heterocycles. The molecule has 1 aliphatic carbocycles. The number of aliphatic hydroxyl groups excluding tert-OH is 1. The zero-order chi connectivity index (χ0) is 26.8. The number of aliphatic hydroxyl groups is 1. The highest BCUT2D eigenvalue weighted by molar-refractivity contribution is 5.63. The van der Waals surface area contributed by atoms with Crippen molar-refractivity contribution in [3.05, 3.63) is 40.1 Å². The average molecular weight is 535 g/mol. The molecule has 9 nitrogen and oxygen atoms in total. The number of nitriles is 1. The van der Waals surface area contributed by atoms with Gasteiger partial charge in [-0.2, -0.15) is 15.2 Å². The molecular formula is C29H35FN6O3. The highest BCUT2D eigenvalue weighted by Crippen LogP contribution is 2.49. The predicted octanol–water partition coefficient (Wildman–Crippen LogP) is 2.76. The number of aryl methyl sites for hydroxylation is 1. The van der Waals surface area contributed by atoms with Crippen LogP contribution < -0.4 is 15.4 Å². The average Bonchev–Trinajstić information content (AvgIpc) is 3.43. The molecule has 5 aliphatic rings. The van der Waals surface area contributed by atoms with Crippen LogP contribution in [0.2, 0.25) is 0 Å². The lowest BCUT2D eigenvalue weighted by atomic mass is 9.72. The van der Waals surface area contributed by atoms with Gasteiger partial charge in [-0.05, 0) is 56.7 Å². The number of alkyl halides is 1. The molecule has 206 valence electrons. The van der Waals surface area contributed by atoms with E-state index in [0.29, 0.717) is 43.9 Å². The van der Waals surface area contributed by atoms with Crippen molar-refractivity contribution in [3.8, 4) is 12.1 Å². The van der Waals surface area contributed by atoms with Crippen molar-refractivity contribution in [1.82, 2.24) is 14.9 Å². The number of hydrogen-bond donors (Lipinski definition) is 2. The number of halogens is 1. The lowest BCUT2D eigenvalue weighted by Gasteiger charge is -2.45. The number of ether oxygens (including phenoxy) is 2. The number of benzene rings is 1. The van der Waals surface area contributed by atoms with Crippen LogP contribution >= 0.6 is 0 Å². The molecule has 0 bridgehead atoms. The summed E-state index contributed by atoms with van der Waals surface area (Å²) in [6, 6.07) is 6.45. The molecule has 0 unspecified atom stereocenters. The highest BCUT2D eigenvalue weighted by atomic mass is 19.1.